The number of amides is 1. The number of hydrogen-bond acceptors (Lipinski definition) is 4. The normalized spacial score (nSPS) is 19.3. The maximum atomic E-state index is 13.3. The molecule has 6 heteroatoms. The summed E-state index contributed by atoms with van der Waals surface area (Å²) in [6, 6.07) is 18.3. The van der Waals surface area contributed by atoms with Crippen molar-refractivity contribution >= 4 is 6.03 Å². The van der Waals surface area contributed by atoms with Gasteiger partial charge in [-0.25, -0.2) is 4.79 Å². The van der Waals surface area contributed by atoms with Crippen molar-refractivity contribution in [3.8, 4) is 11.3 Å². The summed E-state index contributed by atoms with van der Waals surface area (Å²) in [6.07, 6.45) is 4.43. The first-order chi connectivity index (χ1) is 14.1. The van der Waals surface area contributed by atoms with Gasteiger partial charge in [0.25, 0.3) is 0 Å². The van der Waals surface area contributed by atoms with Crippen molar-refractivity contribution in [2.24, 2.45) is 0 Å². The monoisotopic (exact) mass is 390 g/mol. The third-order valence-electron chi connectivity index (χ3n) is 5.59. The Labute approximate surface area is 171 Å². The van der Waals surface area contributed by atoms with Gasteiger partial charge in [-0.15, -0.1) is 5.10 Å². The van der Waals surface area contributed by atoms with Gasteiger partial charge in [-0.05, 0) is 31.7 Å². The predicted octanol–water partition coefficient (Wildman–Crippen LogP) is 3.94. The van der Waals surface area contributed by atoms with Gasteiger partial charge < -0.3 is 9.64 Å². The van der Waals surface area contributed by atoms with Crippen LogP contribution < -0.4 is 0 Å². The number of benzene rings is 2. The minimum atomic E-state index is -0.154. The molecule has 2 aromatic carbocycles. The second kappa shape index (κ2) is 8.57. The minimum Gasteiger partial charge on any atom is -0.380 e. The second-order valence-corrected chi connectivity index (χ2v) is 7.63. The van der Waals surface area contributed by atoms with Crippen LogP contribution >= 0.6 is 0 Å². The van der Waals surface area contributed by atoms with Gasteiger partial charge in [0, 0.05) is 25.3 Å². The zero-order chi connectivity index (χ0) is 20.2. The molecule has 4 rings (SSSR count). The van der Waals surface area contributed by atoms with Crippen LogP contribution in [0.3, 0.4) is 0 Å². The molecule has 2 atom stereocenters. The smallest absolute Gasteiger partial charge is 0.346 e. The molecule has 2 heterocycles. The van der Waals surface area contributed by atoms with Gasteiger partial charge in [0.2, 0.25) is 0 Å². The van der Waals surface area contributed by atoms with E-state index in [1.807, 2.05) is 54.3 Å². The minimum absolute atomic E-state index is 0.0473. The highest BCUT2D eigenvalue weighted by Crippen LogP contribution is 2.24. The Morgan fingerprint density at radius 3 is 2.59 bits per heavy atom. The quantitative estimate of drug-likeness (QED) is 0.677. The molecule has 1 saturated heterocycles. The molecule has 29 heavy (non-hydrogen) atoms. The number of ether oxygens (including phenoxy) is 1. The van der Waals surface area contributed by atoms with Crippen LogP contribution in [0.25, 0.3) is 11.3 Å². The van der Waals surface area contributed by atoms with E-state index in [1.165, 1.54) is 15.8 Å². The summed E-state index contributed by atoms with van der Waals surface area (Å²) in [4.78, 5) is 15.2. The summed E-state index contributed by atoms with van der Waals surface area (Å²) in [6.45, 7) is 2.60. The SMILES string of the molecule is CO[C@H]1CC[C@H](Cc2ccccc2)N(C(=O)n2cc(-c3ccc(C)cc3)nn2)C1. The van der Waals surface area contributed by atoms with Crippen molar-refractivity contribution in [1.82, 2.24) is 19.9 Å². The van der Waals surface area contributed by atoms with E-state index in [4.69, 9.17) is 4.74 Å². The van der Waals surface area contributed by atoms with Gasteiger partial charge in [0.1, 0.15) is 5.69 Å². The zero-order valence-corrected chi connectivity index (χ0v) is 16.9. The molecule has 1 aliphatic rings. The van der Waals surface area contributed by atoms with E-state index in [1.54, 1.807) is 13.3 Å². The molecule has 0 N–H and O–H groups in total. The lowest BCUT2D eigenvalue weighted by Crippen LogP contribution is -2.51. The molecule has 1 amide bonds. The highest BCUT2D eigenvalue weighted by Gasteiger charge is 2.33. The van der Waals surface area contributed by atoms with E-state index in [0.29, 0.717) is 12.2 Å². The van der Waals surface area contributed by atoms with Crippen LogP contribution in [0, 0.1) is 6.92 Å². The van der Waals surface area contributed by atoms with Crippen molar-refractivity contribution in [2.75, 3.05) is 13.7 Å². The van der Waals surface area contributed by atoms with E-state index >= 15 is 0 Å². The van der Waals surface area contributed by atoms with E-state index in [2.05, 4.69) is 22.4 Å². The molecule has 150 valence electrons. The molecule has 1 aliphatic heterocycles. The molecule has 1 aromatic heterocycles. The Morgan fingerprint density at radius 2 is 1.86 bits per heavy atom. The van der Waals surface area contributed by atoms with Crippen molar-refractivity contribution in [1.29, 1.82) is 0 Å². The first-order valence-corrected chi connectivity index (χ1v) is 10.0. The molecule has 1 fully saturated rings. The fourth-order valence-electron chi connectivity index (χ4n) is 3.86. The molecule has 0 radical (unpaired) electrons. The highest BCUT2D eigenvalue weighted by atomic mass is 16.5. The molecular weight excluding hydrogens is 364 g/mol. The topological polar surface area (TPSA) is 60.2 Å². The maximum absolute atomic E-state index is 13.3. The molecule has 3 aromatic rings. The number of aromatic nitrogens is 3. The van der Waals surface area contributed by atoms with Crippen LogP contribution in [0.5, 0.6) is 0 Å². The predicted molar refractivity (Wildman–Crippen MR) is 112 cm³/mol. The summed E-state index contributed by atoms with van der Waals surface area (Å²) in [5.74, 6) is 0. The van der Waals surface area contributed by atoms with Crippen molar-refractivity contribution in [3.05, 3.63) is 71.9 Å². The van der Waals surface area contributed by atoms with Gasteiger partial charge in [-0.2, -0.15) is 4.68 Å². The number of aryl methyl sites for hydroxylation is 1. The summed E-state index contributed by atoms with van der Waals surface area (Å²) >= 11 is 0. The molecule has 0 bridgehead atoms. The van der Waals surface area contributed by atoms with E-state index in [-0.39, 0.29) is 18.2 Å². The number of carbonyl (C=O) groups is 1. The van der Waals surface area contributed by atoms with E-state index in [9.17, 15) is 4.79 Å². The zero-order valence-electron chi connectivity index (χ0n) is 16.9. The van der Waals surface area contributed by atoms with Gasteiger partial charge in [0.15, 0.2) is 0 Å². The van der Waals surface area contributed by atoms with Crippen molar-refractivity contribution in [3.63, 3.8) is 0 Å². The van der Waals surface area contributed by atoms with Crippen LogP contribution in [-0.4, -0.2) is 51.7 Å². The third kappa shape index (κ3) is 4.38. The maximum Gasteiger partial charge on any atom is 0.346 e. The highest BCUT2D eigenvalue weighted by molar-refractivity contribution is 5.77. The average Bonchev–Trinajstić information content (AvgIpc) is 3.25. The van der Waals surface area contributed by atoms with Crippen molar-refractivity contribution < 1.29 is 9.53 Å². The Kier molecular flexibility index (Phi) is 5.71. The summed E-state index contributed by atoms with van der Waals surface area (Å²) < 4.78 is 6.90. The van der Waals surface area contributed by atoms with Crippen LogP contribution in [0.15, 0.2) is 60.8 Å². The van der Waals surface area contributed by atoms with E-state index in [0.717, 1.165) is 24.8 Å². The molecule has 0 spiro atoms. The first-order valence-electron chi connectivity index (χ1n) is 10.0. The number of carbonyl (C=O) groups excluding carboxylic acids is 1. The number of nitrogens with zero attached hydrogens (tertiary/aromatic N) is 4. The third-order valence-corrected chi connectivity index (χ3v) is 5.59. The number of piperidine rings is 1. The Hall–Kier alpha value is -2.99. The second-order valence-electron chi connectivity index (χ2n) is 7.63. The van der Waals surface area contributed by atoms with Crippen LogP contribution in [0.1, 0.15) is 24.0 Å². The molecular formula is C23H26N4O2. The van der Waals surface area contributed by atoms with Crippen molar-refractivity contribution in [2.45, 2.75) is 38.3 Å². The Bertz CT molecular complexity index is 953. The summed E-state index contributed by atoms with van der Waals surface area (Å²) in [7, 11) is 1.70. The number of hydrogen-bond donors (Lipinski definition) is 0. The van der Waals surface area contributed by atoms with Gasteiger partial charge in [-0.1, -0.05) is 65.4 Å². The van der Waals surface area contributed by atoms with Crippen LogP contribution in [0.2, 0.25) is 0 Å². The van der Waals surface area contributed by atoms with Crippen LogP contribution in [0.4, 0.5) is 4.79 Å². The number of methoxy groups -OCH3 is 1. The molecule has 0 aliphatic carbocycles. The fraction of sp³-hybridized carbons (Fsp3) is 0.348. The largest absolute Gasteiger partial charge is 0.380 e. The lowest BCUT2D eigenvalue weighted by molar-refractivity contribution is 0.0217. The van der Waals surface area contributed by atoms with Gasteiger partial charge >= 0.3 is 6.03 Å². The first kappa shape index (κ1) is 19.3. The fourth-order valence-corrected chi connectivity index (χ4v) is 3.86. The summed E-state index contributed by atoms with van der Waals surface area (Å²) in [5, 5.41) is 8.33. The standard InChI is InChI=1S/C23H26N4O2/c1-17-8-10-19(11-9-17)22-16-27(25-24-22)23(28)26-15-21(29-2)13-12-20(26)14-18-6-4-3-5-7-18/h3-11,16,20-21H,12-15H2,1-2H3/t20-,21+/m1/s1. The van der Waals surface area contributed by atoms with Gasteiger partial charge in [-0.3, -0.25) is 0 Å². The Balaban J connectivity index is 1.56. The number of likely N-dealkylation sites (tertiary alicyclic amines) is 1. The molecule has 0 unspecified atom stereocenters. The van der Waals surface area contributed by atoms with E-state index < -0.39 is 0 Å². The van der Waals surface area contributed by atoms with Crippen LogP contribution in [-0.2, 0) is 11.2 Å². The summed E-state index contributed by atoms with van der Waals surface area (Å²) in [5.41, 5.74) is 4.05. The molecule has 6 nitrogen and oxygen atoms in total. The molecule has 0 saturated carbocycles. The number of rotatable bonds is 4. The van der Waals surface area contributed by atoms with Gasteiger partial charge in [0.05, 0.1) is 12.3 Å². The average molecular weight is 390 g/mol. The Morgan fingerprint density at radius 1 is 1.10 bits per heavy atom. The lowest BCUT2D eigenvalue weighted by atomic mass is 9.94. The lowest BCUT2D eigenvalue weighted by Gasteiger charge is -2.38.